The second kappa shape index (κ2) is 15.7. The number of hydrogen-bond donors (Lipinski definition) is 2. The molecule has 0 saturated carbocycles. The number of carbonyl (C=O) groups excluding carboxylic acids is 2. The Morgan fingerprint density at radius 3 is 1.31 bits per heavy atom. The second-order valence-electron chi connectivity index (χ2n) is 8.77. The van der Waals surface area contributed by atoms with E-state index < -0.39 is 0 Å². The first-order chi connectivity index (χ1) is 14.2. The first kappa shape index (κ1) is 24.1. The van der Waals surface area contributed by atoms with Crippen LogP contribution < -0.4 is 10.6 Å². The van der Waals surface area contributed by atoms with Crippen molar-refractivity contribution in [2.24, 2.45) is 0 Å². The molecular weight excluding hydrogens is 364 g/mol. The number of hydrogen-bond acceptors (Lipinski definition) is 4. The van der Waals surface area contributed by atoms with Gasteiger partial charge in [0.2, 0.25) is 11.8 Å². The van der Waals surface area contributed by atoms with E-state index in [1.54, 1.807) is 0 Å². The summed E-state index contributed by atoms with van der Waals surface area (Å²) in [6, 6.07) is 0. The fourth-order valence-electron chi connectivity index (χ4n) is 4.35. The van der Waals surface area contributed by atoms with Crippen LogP contribution >= 0.6 is 0 Å². The van der Waals surface area contributed by atoms with E-state index in [4.69, 9.17) is 0 Å². The molecule has 2 aliphatic rings. The zero-order chi connectivity index (χ0) is 20.6. The molecule has 0 spiro atoms. The lowest BCUT2D eigenvalue weighted by Gasteiger charge is -2.19. The standard InChI is InChI=1S/C23H44N4O2/c28-22(24-14-20-26-16-8-1-2-9-17-26)12-6-5-7-13-23(29)25-15-21-27-18-10-3-4-11-19-27/h1-21H2,(H,24,28)(H,25,29). The number of amides is 2. The Morgan fingerprint density at radius 1 is 0.552 bits per heavy atom. The minimum atomic E-state index is 0.154. The van der Waals surface area contributed by atoms with Crippen molar-refractivity contribution in [3.05, 3.63) is 0 Å². The van der Waals surface area contributed by atoms with Gasteiger partial charge in [-0.15, -0.1) is 0 Å². The lowest BCUT2D eigenvalue weighted by Crippen LogP contribution is -2.35. The van der Waals surface area contributed by atoms with Crippen molar-refractivity contribution in [2.45, 2.75) is 83.5 Å². The molecule has 0 aromatic rings. The van der Waals surface area contributed by atoms with Gasteiger partial charge < -0.3 is 20.4 Å². The molecule has 0 aromatic carbocycles. The van der Waals surface area contributed by atoms with E-state index in [1.807, 2.05) is 0 Å². The summed E-state index contributed by atoms with van der Waals surface area (Å²) in [5.74, 6) is 0.309. The minimum Gasteiger partial charge on any atom is -0.355 e. The predicted molar refractivity (Wildman–Crippen MR) is 119 cm³/mol. The van der Waals surface area contributed by atoms with Crippen LogP contribution in [-0.2, 0) is 9.59 Å². The van der Waals surface area contributed by atoms with Crippen LogP contribution in [0.2, 0.25) is 0 Å². The maximum atomic E-state index is 12.0. The van der Waals surface area contributed by atoms with Gasteiger partial charge in [0.25, 0.3) is 0 Å². The van der Waals surface area contributed by atoms with Crippen molar-refractivity contribution in [1.29, 1.82) is 0 Å². The number of rotatable bonds is 12. The number of likely N-dealkylation sites (tertiary alicyclic amines) is 2. The number of carbonyl (C=O) groups is 2. The van der Waals surface area contributed by atoms with Crippen LogP contribution in [0.25, 0.3) is 0 Å². The molecule has 2 heterocycles. The molecule has 0 aromatic heterocycles. The number of unbranched alkanes of at least 4 members (excludes halogenated alkanes) is 2. The van der Waals surface area contributed by atoms with Crippen molar-refractivity contribution < 1.29 is 9.59 Å². The molecular formula is C23H44N4O2. The lowest BCUT2D eigenvalue weighted by atomic mass is 10.1. The van der Waals surface area contributed by atoms with Crippen LogP contribution in [0.5, 0.6) is 0 Å². The van der Waals surface area contributed by atoms with E-state index in [0.717, 1.165) is 45.4 Å². The summed E-state index contributed by atoms with van der Waals surface area (Å²) in [6.07, 6.45) is 14.4. The van der Waals surface area contributed by atoms with Gasteiger partial charge in [-0.2, -0.15) is 0 Å². The maximum Gasteiger partial charge on any atom is 0.220 e. The van der Waals surface area contributed by atoms with Gasteiger partial charge in [0.05, 0.1) is 0 Å². The van der Waals surface area contributed by atoms with Crippen LogP contribution in [-0.4, -0.2) is 74.0 Å². The average Bonchev–Trinajstić information content (AvgIpc) is 3.13. The van der Waals surface area contributed by atoms with Gasteiger partial charge in [0, 0.05) is 39.0 Å². The van der Waals surface area contributed by atoms with Crippen molar-refractivity contribution >= 4 is 11.8 Å². The van der Waals surface area contributed by atoms with Crippen LogP contribution in [0.1, 0.15) is 83.5 Å². The third-order valence-corrected chi connectivity index (χ3v) is 6.21. The van der Waals surface area contributed by atoms with E-state index in [1.165, 1.54) is 77.5 Å². The smallest absolute Gasteiger partial charge is 0.220 e. The van der Waals surface area contributed by atoms with E-state index in [2.05, 4.69) is 20.4 Å². The molecule has 6 nitrogen and oxygen atoms in total. The maximum absolute atomic E-state index is 12.0. The fraction of sp³-hybridized carbons (Fsp3) is 0.913. The van der Waals surface area contributed by atoms with Gasteiger partial charge >= 0.3 is 0 Å². The fourth-order valence-corrected chi connectivity index (χ4v) is 4.35. The highest BCUT2D eigenvalue weighted by molar-refractivity contribution is 5.76. The summed E-state index contributed by atoms with van der Waals surface area (Å²) in [7, 11) is 0. The summed E-state index contributed by atoms with van der Waals surface area (Å²) in [4.78, 5) is 28.8. The van der Waals surface area contributed by atoms with Crippen LogP contribution in [0.15, 0.2) is 0 Å². The van der Waals surface area contributed by atoms with Crippen LogP contribution in [0.3, 0.4) is 0 Å². The Balaban J connectivity index is 1.38. The molecule has 0 atom stereocenters. The summed E-state index contributed by atoms with van der Waals surface area (Å²) in [5, 5.41) is 6.10. The van der Waals surface area contributed by atoms with Crippen molar-refractivity contribution in [3.63, 3.8) is 0 Å². The van der Waals surface area contributed by atoms with Crippen molar-refractivity contribution in [3.8, 4) is 0 Å². The molecule has 0 aliphatic carbocycles. The van der Waals surface area contributed by atoms with Crippen molar-refractivity contribution in [2.75, 3.05) is 52.4 Å². The zero-order valence-electron chi connectivity index (χ0n) is 18.6. The van der Waals surface area contributed by atoms with Gasteiger partial charge in [-0.3, -0.25) is 9.59 Å². The number of nitrogens with zero attached hydrogens (tertiary/aromatic N) is 2. The second-order valence-corrected chi connectivity index (χ2v) is 8.77. The number of nitrogens with one attached hydrogen (secondary N) is 2. The summed E-state index contributed by atoms with van der Waals surface area (Å²) < 4.78 is 0. The topological polar surface area (TPSA) is 64.7 Å². The first-order valence-corrected chi connectivity index (χ1v) is 12.2. The largest absolute Gasteiger partial charge is 0.355 e. The molecule has 2 saturated heterocycles. The van der Waals surface area contributed by atoms with Gasteiger partial charge in [-0.1, -0.05) is 32.1 Å². The van der Waals surface area contributed by atoms with Crippen LogP contribution in [0.4, 0.5) is 0 Å². The molecule has 2 fully saturated rings. The predicted octanol–water partition coefficient (Wildman–Crippen LogP) is 2.92. The molecule has 0 unspecified atom stereocenters. The van der Waals surface area contributed by atoms with Gasteiger partial charge in [-0.25, -0.2) is 0 Å². The Labute approximate surface area is 178 Å². The first-order valence-electron chi connectivity index (χ1n) is 12.2. The lowest BCUT2D eigenvalue weighted by molar-refractivity contribution is -0.121. The molecule has 2 rings (SSSR count). The molecule has 2 amide bonds. The average molecular weight is 409 g/mol. The van der Waals surface area contributed by atoms with E-state index in [-0.39, 0.29) is 11.8 Å². The Bertz CT molecular complexity index is 402. The van der Waals surface area contributed by atoms with Crippen molar-refractivity contribution in [1.82, 2.24) is 20.4 Å². The summed E-state index contributed by atoms with van der Waals surface area (Å²) in [5.41, 5.74) is 0. The van der Waals surface area contributed by atoms with Gasteiger partial charge in [0.15, 0.2) is 0 Å². The summed E-state index contributed by atoms with van der Waals surface area (Å²) in [6.45, 7) is 8.18. The molecule has 2 aliphatic heterocycles. The highest BCUT2D eigenvalue weighted by atomic mass is 16.2. The Morgan fingerprint density at radius 2 is 0.931 bits per heavy atom. The van der Waals surface area contributed by atoms with Crippen LogP contribution in [0, 0.1) is 0 Å². The Kier molecular flexibility index (Phi) is 13.0. The van der Waals surface area contributed by atoms with E-state index >= 15 is 0 Å². The molecule has 0 bridgehead atoms. The quantitative estimate of drug-likeness (QED) is 0.487. The SMILES string of the molecule is O=C(CCCCCC(=O)NCCN1CCCCCC1)NCCN1CCCCCC1. The molecule has 2 N–H and O–H groups in total. The molecule has 6 heteroatoms. The van der Waals surface area contributed by atoms with Gasteiger partial charge in [-0.05, 0) is 64.7 Å². The third kappa shape index (κ3) is 12.2. The zero-order valence-corrected chi connectivity index (χ0v) is 18.6. The highest BCUT2D eigenvalue weighted by Gasteiger charge is 2.10. The van der Waals surface area contributed by atoms with Gasteiger partial charge in [0.1, 0.15) is 0 Å². The normalized spacial score (nSPS) is 19.3. The summed E-state index contributed by atoms with van der Waals surface area (Å²) >= 11 is 0. The van der Waals surface area contributed by atoms with E-state index in [9.17, 15) is 9.59 Å². The molecule has 0 radical (unpaired) electrons. The molecule has 168 valence electrons. The monoisotopic (exact) mass is 408 g/mol. The van der Waals surface area contributed by atoms with E-state index in [0.29, 0.717) is 12.8 Å². The third-order valence-electron chi connectivity index (χ3n) is 6.21. The highest BCUT2D eigenvalue weighted by Crippen LogP contribution is 2.09. The molecule has 29 heavy (non-hydrogen) atoms. The minimum absolute atomic E-state index is 0.154. The Hall–Kier alpha value is -1.14.